The zero-order valence-electron chi connectivity index (χ0n) is 14.8. The average molecular weight is 374 g/mol. The molecule has 0 bridgehead atoms. The Bertz CT molecular complexity index is 1050. The van der Waals surface area contributed by atoms with Crippen LogP contribution in [0, 0.1) is 5.92 Å². The minimum absolute atomic E-state index is 0.0916. The average Bonchev–Trinajstić information content (AvgIpc) is 2.95. The molecule has 26 heavy (non-hydrogen) atoms. The zero-order chi connectivity index (χ0) is 18.7. The summed E-state index contributed by atoms with van der Waals surface area (Å²) in [4.78, 5) is 11.8. The van der Waals surface area contributed by atoms with E-state index in [1.165, 1.54) is 22.3 Å². The van der Waals surface area contributed by atoms with Gasteiger partial charge in [0.15, 0.2) is 5.58 Å². The highest BCUT2D eigenvalue weighted by Crippen LogP contribution is 2.19. The Morgan fingerprint density at radius 3 is 2.58 bits per heavy atom. The Morgan fingerprint density at radius 1 is 1.15 bits per heavy atom. The van der Waals surface area contributed by atoms with E-state index >= 15 is 0 Å². The molecule has 1 N–H and O–H groups in total. The van der Waals surface area contributed by atoms with Crippen molar-refractivity contribution < 1.29 is 12.8 Å². The summed E-state index contributed by atoms with van der Waals surface area (Å²) < 4.78 is 34.4. The van der Waals surface area contributed by atoms with Crippen LogP contribution in [0.2, 0.25) is 0 Å². The number of benzene rings is 2. The second-order valence-corrected chi connectivity index (χ2v) is 8.16. The topological polar surface area (TPSA) is 81.3 Å². The number of aryl methyl sites for hydroxylation is 1. The number of hydrogen-bond donors (Lipinski definition) is 1. The van der Waals surface area contributed by atoms with E-state index in [2.05, 4.69) is 4.72 Å². The molecule has 0 aliphatic carbocycles. The maximum Gasteiger partial charge on any atom is 0.419 e. The van der Waals surface area contributed by atoms with Crippen molar-refractivity contribution in [3.05, 3.63) is 64.6 Å². The van der Waals surface area contributed by atoms with Crippen molar-refractivity contribution in [3.63, 3.8) is 0 Å². The van der Waals surface area contributed by atoms with Gasteiger partial charge in [0.1, 0.15) is 0 Å². The number of nitrogens with one attached hydrogen (secondary N) is 1. The van der Waals surface area contributed by atoms with Crippen LogP contribution in [0.1, 0.15) is 19.4 Å². The summed E-state index contributed by atoms with van der Waals surface area (Å²) in [5.41, 5.74) is 2.04. The van der Waals surface area contributed by atoms with E-state index in [-0.39, 0.29) is 16.4 Å². The third kappa shape index (κ3) is 3.89. The number of fused-ring (bicyclic) bond motifs is 1. The van der Waals surface area contributed by atoms with Gasteiger partial charge in [0.05, 0.1) is 10.4 Å². The zero-order valence-corrected chi connectivity index (χ0v) is 15.6. The highest BCUT2D eigenvalue weighted by Gasteiger charge is 2.18. The van der Waals surface area contributed by atoms with E-state index in [0.29, 0.717) is 18.6 Å². The summed E-state index contributed by atoms with van der Waals surface area (Å²) >= 11 is 0. The van der Waals surface area contributed by atoms with E-state index in [1.54, 1.807) is 6.07 Å². The Morgan fingerprint density at radius 2 is 1.88 bits per heavy atom. The predicted molar refractivity (Wildman–Crippen MR) is 101 cm³/mol. The van der Waals surface area contributed by atoms with Gasteiger partial charge in [0.2, 0.25) is 10.0 Å². The fraction of sp³-hybridized carbons (Fsp3) is 0.316. The molecule has 1 atom stereocenters. The second-order valence-electron chi connectivity index (χ2n) is 6.39. The maximum absolute atomic E-state index is 12.6. The molecule has 0 aliphatic heterocycles. The van der Waals surface area contributed by atoms with Crippen LogP contribution in [0.5, 0.6) is 0 Å². The summed E-state index contributed by atoms with van der Waals surface area (Å²) in [5, 5.41) is 0. The van der Waals surface area contributed by atoms with Crippen LogP contribution in [-0.4, -0.2) is 19.5 Å². The molecule has 0 spiro atoms. The molecule has 6 nitrogen and oxygen atoms in total. The standard InChI is InChI=1S/C19H22N2O4S/c1-3-21-17-10-9-16(12-18(17)25-19(21)22)26(23,24)20-13-14(2)11-15-7-5-4-6-8-15/h4-10,12,14,20H,3,11,13H2,1-2H3. The Labute approximate surface area is 152 Å². The Kier molecular flexibility index (Phi) is 5.29. The van der Waals surface area contributed by atoms with Crippen LogP contribution in [0.4, 0.5) is 0 Å². The minimum atomic E-state index is -3.67. The molecule has 3 aromatic rings. The first-order chi connectivity index (χ1) is 12.4. The highest BCUT2D eigenvalue weighted by atomic mass is 32.2. The van der Waals surface area contributed by atoms with Gasteiger partial charge in [-0.3, -0.25) is 4.57 Å². The van der Waals surface area contributed by atoms with E-state index in [4.69, 9.17) is 4.42 Å². The van der Waals surface area contributed by atoms with Gasteiger partial charge in [0, 0.05) is 19.2 Å². The van der Waals surface area contributed by atoms with E-state index in [1.807, 2.05) is 44.2 Å². The number of aromatic nitrogens is 1. The Balaban J connectivity index is 1.73. The van der Waals surface area contributed by atoms with Crippen molar-refractivity contribution in [2.75, 3.05) is 6.54 Å². The number of rotatable bonds is 7. The summed E-state index contributed by atoms with van der Waals surface area (Å²) in [6.45, 7) is 4.62. The van der Waals surface area contributed by atoms with Gasteiger partial charge in [-0.1, -0.05) is 37.3 Å². The summed E-state index contributed by atoms with van der Waals surface area (Å²) in [6.07, 6.45) is 0.788. The molecule has 0 amide bonds. The summed E-state index contributed by atoms with van der Waals surface area (Å²) in [7, 11) is -3.67. The molecule has 0 saturated heterocycles. The van der Waals surface area contributed by atoms with Crippen molar-refractivity contribution >= 4 is 21.1 Å². The SMILES string of the molecule is CCn1c(=O)oc2cc(S(=O)(=O)NCC(C)Cc3ccccc3)ccc21. The van der Waals surface area contributed by atoms with Crippen molar-refractivity contribution in [1.29, 1.82) is 0 Å². The van der Waals surface area contributed by atoms with Crippen LogP contribution in [-0.2, 0) is 23.0 Å². The molecule has 3 rings (SSSR count). The molecule has 0 aliphatic rings. The molecule has 1 heterocycles. The van der Waals surface area contributed by atoms with Crippen LogP contribution >= 0.6 is 0 Å². The largest absolute Gasteiger partial charge is 0.419 e. The molecule has 0 saturated carbocycles. The summed E-state index contributed by atoms with van der Waals surface area (Å²) in [5.74, 6) is -0.337. The summed E-state index contributed by atoms with van der Waals surface area (Å²) in [6, 6.07) is 14.4. The van der Waals surface area contributed by atoms with Crippen molar-refractivity contribution in [2.45, 2.75) is 31.7 Å². The van der Waals surface area contributed by atoms with Crippen LogP contribution < -0.4 is 10.5 Å². The molecule has 7 heteroatoms. The molecule has 0 fully saturated rings. The number of hydrogen-bond acceptors (Lipinski definition) is 4. The van der Waals surface area contributed by atoms with E-state index in [0.717, 1.165) is 6.42 Å². The van der Waals surface area contributed by atoms with Crippen LogP contribution in [0.25, 0.3) is 11.1 Å². The fourth-order valence-corrected chi connectivity index (χ4v) is 4.12. The molecular weight excluding hydrogens is 352 g/mol. The van der Waals surface area contributed by atoms with E-state index < -0.39 is 15.8 Å². The van der Waals surface area contributed by atoms with Crippen LogP contribution in [0.15, 0.2) is 62.6 Å². The smallest absolute Gasteiger partial charge is 0.408 e. The van der Waals surface area contributed by atoms with Gasteiger partial charge in [-0.05, 0) is 37.0 Å². The lowest BCUT2D eigenvalue weighted by atomic mass is 10.0. The second kappa shape index (κ2) is 7.47. The van der Waals surface area contributed by atoms with Gasteiger partial charge < -0.3 is 4.42 Å². The molecule has 1 unspecified atom stereocenters. The first kappa shape index (κ1) is 18.4. The van der Waals surface area contributed by atoms with Crippen molar-refractivity contribution in [3.8, 4) is 0 Å². The fourth-order valence-electron chi connectivity index (χ4n) is 2.94. The lowest BCUT2D eigenvalue weighted by Crippen LogP contribution is -2.29. The van der Waals surface area contributed by atoms with Crippen molar-refractivity contribution in [2.24, 2.45) is 5.92 Å². The first-order valence-electron chi connectivity index (χ1n) is 8.57. The van der Waals surface area contributed by atoms with E-state index in [9.17, 15) is 13.2 Å². The van der Waals surface area contributed by atoms with Gasteiger partial charge in [-0.25, -0.2) is 17.9 Å². The molecular formula is C19H22N2O4S. The number of sulfonamides is 1. The third-order valence-electron chi connectivity index (χ3n) is 4.32. The van der Waals surface area contributed by atoms with Gasteiger partial charge in [-0.2, -0.15) is 0 Å². The normalized spacial score (nSPS) is 13.2. The minimum Gasteiger partial charge on any atom is -0.408 e. The molecule has 1 aromatic heterocycles. The van der Waals surface area contributed by atoms with Gasteiger partial charge in [0.25, 0.3) is 0 Å². The first-order valence-corrected chi connectivity index (χ1v) is 10.1. The number of oxazole rings is 1. The Hall–Kier alpha value is -2.38. The van der Waals surface area contributed by atoms with Crippen LogP contribution in [0.3, 0.4) is 0 Å². The molecule has 2 aromatic carbocycles. The lowest BCUT2D eigenvalue weighted by Gasteiger charge is -2.13. The lowest BCUT2D eigenvalue weighted by molar-refractivity contribution is 0.512. The van der Waals surface area contributed by atoms with Gasteiger partial charge in [-0.15, -0.1) is 0 Å². The monoisotopic (exact) mass is 374 g/mol. The maximum atomic E-state index is 12.6. The predicted octanol–water partition coefficient (Wildman–Crippen LogP) is 2.77. The molecule has 0 radical (unpaired) electrons. The van der Waals surface area contributed by atoms with Gasteiger partial charge >= 0.3 is 5.76 Å². The third-order valence-corrected chi connectivity index (χ3v) is 5.74. The number of nitrogens with zero attached hydrogens (tertiary/aromatic N) is 1. The molecule has 138 valence electrons. The quantitative estimate of drug-likeness (QED) is 0.689. The highest BCUT2D eigenvalue weighted by molar-refractivity contribution is 7.89. The van der Waals surface area contributed by atoms with Crippen molar-refractivity contribution in [1.82, 2.24) is 9.29 Å².